The summed E-state index contributed by atoms with van der Waals surface area (Å²) in [6, 6.07) is 0. The van der Waals surface area contributed by atoms with E-state index in [1.807, 2.05) is 0 Å². The van der Waals surface area contributed by atoms with Crippen LogP contribution in [0.4, 0.5) is 0 Å². The lowest BCUT2D eigenvalue weighted by Gasteiger charge is -2.22. The number of rotatable bonds is 18. The first-order valence-electron chi connectivity index (χ1n) is 10.7. The van der Waals surface area contributed by atoms with E-state index < -0.39 is 0 Å². The molecule has 0 saturated carbocycles. The summed E-state index contributed by atoms with van der Waals surface area (Å²) in [4.78, 5) is 14.0. The lowest BCUT2D eigenvalue weighted by atomic mass is 10.1. The number of esters is 1. The van der Waals surface area contributed by atoms with Crippen molar-refractivity contribution in [2.75, 3.05) is 26.2 Å². The van der Waals surface area contributed by atoms with Gasteiger partial charge in [0.05, 0.1) is 0 Å². The Labute approximate surface area is 157 Å². The Kier molecular flexibility index (Phi) is 17.4. The van der Waals surface area contributed by atoms with Gasteiger partial charge < -0.3 is 4.74 Å². The van der Waals surface area contributed by atoms with E-state index in [2.05, 4.69) is 25.3 Å². The molecule has 0 bridgehead atoms. The second-order valence-electron chi connectivity index (χ2n) is 7.29. The van der Waals surface area contributed by atoms with Crippen LogP contribution in [0.1, 0.15) is 97.8 Å². The molecule has 3 heteroatoms. The molecule has 0 N–H and O–H groups in total. The summed E-state index contributed by atoms with van der Waals surface area (Å²) in [6.07, 6.45) is 15.9. The highest BCUT2D eigenvalue weighted by molar-refractivity contribution is 5.86. The fourth-order valence-corrected chi connectivity index (χ4v) is 2.96. The summed E-state index contributed by atoms with van der Waals surface area (Å²) >= 11 is 0. The van der Waals surface area contributed by atoms with Gasteiger partial charge in [-0.25, -0.2) is 4.79 Å². The fraction of sp³-hybridized carbons (Fsp3) is 0.864. The number of unbranched alkanes of at least 4 members (excludes halogenated alkanes) is 10. The Hall–Kier alpha value is -0.830. The number of carbonyl (C=O) groups is 1. The number of hydrogen-bond acceptors (Lipinski definition) is 3. The Morgan fingerprint density at radius 3 is 1.64 bits per heavy atom. The minimum absolute atomic E-state index is 0.265. The molecular formula is C22H43NO2. The Morgan fingerprint density at radius 1 is 0.760 bits per heavy atom. The molecule has 0 aliphatic carbocycles. The van der Waals surface area contributed by atoms with Crippen molar-refractivity contribution in [3.63, 3.8) is 0 Å². The summed E-state index contributed by atoms with van der Waals surface area (Å²) in [5, 5.41) is 0. The van der Waals surface area contributed by atoms with Gasteiger partial charge in [0, 0.05) is 12.1 Å². The average Bonchev–Trinajstić information content (AvgIpc) is 2.60. The monoisotopic (exact) mass is 353 g/mol. The predicted molar refractivity (Wildman–Crippen MR) is 109 cm³/mol. The maximum absolute atomic E-state index is 11.5. The van der Waals surface area contributed by atoms with E-state index in [0.29, 0.717) is 12.2 Å². The number of carbonyl (C=O) groups excluding carboxylic acids is 1. The van der Waals surface area contributed by atoms with Crippen LogP contribution in [0.15, 0.2) is 12.2 Å². The highest BCUT2D eigenvalue weighted by atomic mass is 16.5. The van der Waals surface area contributed by atoms with E-state index >= 15 is 0 Å². The molecule has 0 aliphatic heterocycles. The van der Waals surface area contributed by atoms with Crippen molar-refractivity contribution in [1.29, 1.82) is 0 Å². The van der Waals surface area contributed by atoms with Crippen LogP contribution in [0.5, 0.6) is 0 Å². The van der Waals surface area contributed by atoms with Crippen LogP contribution in [0, 0.1) is 0 Å². The zero-order chi connectivity index (χ0) is 18.8. The van der Waals surface area contributed by atoms with E-state index in [1.54, 1.807) is 6.92 Å². The molecule has 0 aliphatic rings. The molecule has 0 radical (unpaired) electrons. The van der Waals surface area contributed by atoms with Gasteiger partial charge in [-0.2, -0.15) is 0 Å². The van der Waals surface area contributed by atoms with Gasteiger partial charge in [0.1, 0.15) is 6.61 Å². The molecule has 25 heavy (non-hydrogen) atoms. The molecule has 0 unspecified atom stereocenters. The van der Waals surface area contributed by atoms with Crippen LogP contribution < -0.4 is 0 Å². The highest BCUT2D eigenvalue weighted by Crippen LogP contribution is 2.09. The summed E-state index contributed by atoms with van der Waals surface area (Å²) in [5.41, 5.74) is 0.485. The Bertz CT molecular complexity index is 312. The second kappa shape index (κ2) is 18.0. The first-order valence-corrected chi connectivity index (χ1v) is 10.7. The molecule has 0 aromatic carbocycles. The van der Waals surface area contributed by atoms with Crippen molar-refractivity contribution < 1.29 is 9.53 Å². The molecule has 0 saturated heterocycles. The van der Waals surface area contributed by atoms with Gasteiger partial charge in [-0.15, -0.1) is 0 Å². The Morgan fingerprint density at radius 2 is 1.20 bits per heavy atom. The predicted octanol–water partition coefficient (Wildman–Crippen LogP) is 6.13. The molecule has 0 fully saturated rings. The first kappa shape index (κ1) is 24.2. The molecular weight excluding hydrogens is 310 g/mol. The molecule has 0 rings (SSSR count). The van der Waals surface area contributed by atoms with Crippen molar-refractivity contribution in [2.24, 2.45) is 0 Å². The van der Waals surface area contributed by atoms with E-state index in [9.17, 15) is 4.79 Å². The van der Waals surface area contributed by atoms with Crippen LogP contribution in [-0.4, -0.2) is 37.1 Å². The van der Waals surface area contributed by atoms with E-state index in [1.165, 1.54) is 77.0 Å². The average molecular weight is 354 g/mol. The summed E-state index contributed by atoms with van der Waals surface area (Å²) in [6.45, 7) is 13.4. The molecule has 148 valence electrons. The molecule has 0 spiro atoms. The Balaban J connectivity index is 3.95. The molecule has 0 atom stereocenters. The first-order chi connectivity index (χ1) is 12.1. The fourth-order valence-electron chi connectivity index (χ4n) is 2.96. The molecule has 3 nitrogen and oxygen atoms in total. The van der Waals surface area contributed by atoms with Gasteiger partial charge in [0.25, 0.3) is 0 Å². The third-order valence-electron chi connectivity index (χ3n) is 4.64. The van der Waals surface area contributed by atoms with Crippen LogP contribution in [0.25, 0.3) is 0 Å². The third-order valence-corrected chi connectivity index (χ3v) is 4.64. The molecule has 0 amide bonds. The summed E-state index contributed by atoms with van der Waals surface area (Å²) < 4.78 is 5.27. The standard InChI is InChI=1S/C22H43NO2/c1-5-7-9-11-13-15-17-23(18-16-14-12-10-8-6-2)19-20-25-22(24)21(3)4/h3,5-20H2,1-2,4H3. The van der Waals surface area contributed by atoms with E-state index in [0.717, 1.165) is 19.6 Å². The quantitative estimate of drug-likeness (QED) is 0.169. The van der Waals surface area contributed by atoms with Gasteiger partial charge in [0.2, 0.25) is 0 Å². The molecule has 0 aromatic heterocycles. The number of hydrogen-bond donors (Lipinski definition) is 0. The summed E-state index contributed by atoms with van der Waals surface area (Å²) in [5.74, 6) is -0.265. The molecule has 0 aromatic rings. The van der Waals surface area contributed by atoms with Gasteiger partial charge >= 0.3 is 5.97 Å². The topological polar surface area (TPSA) is 29.5 Å². The second-order valence-corrected chi connectivity index (χ2v) is 7.29. The van der Waals surface area contributed by atoms with E-state index in [-0.39, 0.29) is 5.97 Å². The van der Waals surface area contributed by atoms with Crippen molar-refractivity contribution in [1.82, 2.24) is 4.90 Å². The van der Waals surface area contributed by atoms with Gasteiger partial charge in [-0.1, -0.05) is 84.6 Å². The number of nitrogens with zero attached hydrogens (tertiary/aromatic N) is 1. The normalized spacial score (nSPS) is 11.0. The van der Waals surface area contributed by atoms with Gasteiger partial charge in [-0.3, -0.25) is 4.90 Å². The highest BCUT2D eigenvalue weighted by Gasteiger charge is 2.08. The lowest BCUT2D eigenvalue weighted by Crippen LogP contribution is -2.30. The van der Waals surface area contributed by atoms with E-state index in [4.69, 9.17) is 4.74 Å². The van der Waals surface area contributed by atoms with Crippen molar-refractivity contribution in [2.45, 2.75) is 97.8 Å². The largest absolute Gasteiger partial charge is 0.461 e. The van der Waals surface area contributed by atoms with Gasteiger partial charge in [-0.05, 0) is 32.9 Å². The van der Waals surface area contributed by atoms with Crippen LogP contribution >= 0.6 is 0 Å². The van der Waals surface area contributed by atoms with Crippen LogP contribution in [0.3, 0.4) is 0 Å². The van der Waals surface area contributed by atoms with Crippen molar-refractivity contribution in [3.8, 4) is 0 Å². The zero-order valence-electron chi connectivity index (χ0n) is 17.3. The lowest BCUT2D eigenvalue weighted by molar-refractivity contribution is -0.139. The molecule has 0 heterocycles. The maximum Gasteiger partial charge on any atom is 0.333 e. The minimum Gasteiger partial charge on any atom is -0.461 e. The van der Waals surface area contributed by atoms with Crippen molar-refractivity contribution in [3.05, 3.63) is 12.2 Å². The van der Waals surface area contributed by atoms with Gasteiger partial charge in [0.15, 0.2) is 0 Å². The van der Waals surface area contributed by atoms with Crippen LogP contribution in [0.2, 0.25) is 0 Å². The van der Waals surface area contributed by atoms with Crippen LogP contribution in [-0.2, 0) is 9.53 Å². The minimum atomic E-state index is -0.265. The van der Waals surface area contributed by atoms with Crippen molar-refractivity contribution >= 4 is 5.97 Å². The summed E-state index contributed by atoms with van der Waals surface area (Å²) in [7, 11) is 0. The maximum atomic E-state index is 11.5. The SMILES string of the molecule is C=C(C)C(=O)OCCN(CCCCCCCC)CCCCCCCC. The number of ether oxygens (including phenoxy) is 1. The smallest absolute Gasteiger partial charge is 0.333 e. The zero-order valence-corrected chi connectivity index (χ0v) is 17.3. The third kappa shape index (κ3) is 16.4.